The number of aromatic nitrogens is 1. The molecule has 5 heteroatoms. The summed E-state index contributed by atoms with van der Waals surface area (Å²) in [5.41, 5.74) is 4.40. The Morgan fingerprint density at radius 2 is 2.00 bits per heavy atom. The van der Waals surface area contributed by atoms with Crippen molar-refractivity contribution in [3.05, 3.63) is 88.4 Å². The first-order chi connectivity index (χ1) is 12.6. The van der Waals surface area contributed by atoms with Crippen LogP contribution in [0.3, 0.4) is 0 Å². The summed E-state index contributed by atoms with van der Waals surface area (Å²) in [7, 11) is 0. The highest BCUT2D eigenvalue weighted by molar-refractivity contribution is 7.14. The molecule has 26 heavy (non-hydrogen) atoms. The number of carbonyl (C=O) groups is 1. The highest BCUT2D eigenvalue weighted by Gasteiger charge is 2.22. The zero-order valence-corrected chi connectivity index (χ0v) is 15.2. The van der Waals surface area contributed by atoms with Crippen molar-refractivity contribution in [3.63, 3.8) is 0 Å². The molecule has 1 aliphatic carbocycles. The lowest BCUT2D eigenvalue weighted by molar-refractivity contribution is 0.102. The summed E-state index contributed by atoms with van der Waals surface area (Å²) >= 11 is 1.39. The average Bonchev–Trinajstić information content (AvgIpc) is 3.10. The fourth-order valence-electron chi connectivity index (χ4n) is 2.87. The Balaban J connectivity index is 1.54. The first-order valence-electron chi connectivity index (χ1n) is 8.43. The molecule has 1 N–H and O–H groups in total. The molecule has 0 fully saturated rings. The lowest BCUT2D eigenvalue weighted by Crippen LogP contribution is -2.12. The largest absolute Gasteiger partial charge is 0.457 e. The molecule has 0 radical (unpaired) electrons. The normalized spacial score (nSPS) is 16.0. The molecule has 2 aromatic rings. The second-order valence-electron chi connectivity index (χ2n) is 6.25. The third-order valence-electron chi connectivity index (χ3n) is 4.29. The molecule has 1 aromatic heterocycles. The molecular weight excluding hydrogens is 344 g/mol. The number of rotatable bonds is 3. The van der Waals surface area contributed by atoms with Crippen molar-refractivity contribution in [2.45, 2.75) is 19.8 Å². The highest BCUT2D eigenvalue weighted by atomic mass is 32.1. The molecule has 4 rings (SSSR count). The number of thiazole rings is 1. The first kappa shape index (κ1) is 16.5. The van der Waals surface area contributed by atoms with E-state index in [0.29, 0.717) is 16.5 Å². The summed E-state index contributed by atoms with van der Waals surface area (Å²) < 4.78 is 5.84. The van der Waals surface area contributed by atoms with Crippen LogP contribution < -0.4 is 5.32 Å². The molecule has 2 heterocycles. The molecule has 2 aliphatic rings. The van der Waals surface area contributed by atoms with Gasteiger partial charge >= 0.3 is 0 Å². The third-order valence-corrected chi connectivity index (χ3v) is 5.05. The van der Waals surface area contributed by atoms with E-state index in [9.17, 15) is 4.79 Å². The lowest BCUT2D eigenvalue weighted by atomic mass is 9.98. The van der Waals surface area contributed by atoms with Gasteiger partial charge in [-0.05, 0) is 44.1 Å². The van der Waals surface area contributed by atoms with Gasteiger partial charge in [0.05, 0.1) is 5.69 Å². The monoisotopic (exact) mass is 362 g/mol. The number of ether oxygens (including phenoxy) is 1. The summed E-state index contributed by atoms with van der Waals surface area (Å²) in [6.07, 6.45) is 8.29. The van der Waals surface area contributed by atoms with Crippen LogP contribution in [0.2, 0.25) is 0 Å². The number of nitrogens with one attached hydrogen (secondary N) is 1. The molecule has 4 nitrogen and oxygen atoms in total. The van der Waals surface area contributed by atoms with Crippen LogP contribution in [0.25, 0.3) is 5.57 Å². The Bertz CT molecular complexity index is 978. The van der Waals surface area contributed by atoms with Crippen molar-refractivity contribution in [1.82, 2.24) is 4.98 Å². The SMILES string of the molecule is C=C1OC2=CCCC=C2C=C1c1csc(NC(=O)c2ccc(C)cc2)n1. The van der Waals surface area contributed by atoms with Gasteiger partial charge in [-0.15, -0.1) is 11.3 Å². The van der Waals surface area contributed by atoms with E-state index in [1.165, 1.54) is 11.3 Å². The predicted molar refractivity (Wildman–Crippen MR) is 105 cm³/mol. The Morgan fingerprint density at radius 3 is 2.81 bits per heavy atom. The van der Waals surface area contributed by atoms with E-state index in [4.69, 9.17) is 4.74 Å². The fraction of sp³-hybridized carbons (Fsp3) is 0.143. The van der Waals surface area contributed by atoms with E-state index in [2.05, 4.69) is 35.1 Å². The van der Waals surface area contributed by atoms with Crippen molar-refractivity contribution in [1.29, 1.82) is 0 Å². The fourth-order valence-corrected chi connectivity index (χ4v) is 3.58. The Morgan fingerprint density at radius 1 is 1.23 bits per heavy atom. The molecule has 1 amide bonds. The van der Waals surface area contributed by atoms with Crippen LogP contribution in [-0.4, -0.2) is 10.9 Å². The van der Waals surface area contributed by atoms with Crippen LogP contribution in [0.5, 0.6) is 0 Å². The standard InChI is InChI=1S/C21H18N2O2S/c1-13-7-9-15(10-8-13)20(24)23-21-22-18(12-26-21)17-11-16-5-3-4-6-19(16)25-14(17)2/h5-12H,2-4H2,1H3,(H,22,23,24). The van der Waals surface area contributed by atoms with Gasteiger partial charge in [0.1, 0.15) is 11.5 Å². The predicted octanol–water partition coefficient (Wildman–Crippen LogP) is 5.24. The van der Waals surface area contributed by atoms with Gasteiger partial charge < -0.3 is 4.74 Å². The summed E-state index contributed by atoms with van der Waals surface area (Å²) in [4.78, 5) is 16.9. The van der Waals surface area contributed by atoms with Crippen LogP contribution >= 0.6 is 11.3 Å². The van der Waals surface area contributed by atoms with Gasteiger partial charge in [0.2, 0.25) is 0 Å². The molecule has 0 atom stereocenters. The molecular formula is C21H18N2O2S. The Labute approximate surface area is 156 Å². The number of amides is 1. The average molecular weight is 362 g/mol. The number of hydrogen-bond donors (Lipinski definition) is 1. The number of anilines is 1. The van der Waals surface area contributed by atoms with Crippen molar-refractivity contribution in [2.24, 2.45) is 0 Å². The number of fused-ring (bicyclic) bond motifs is 1. The Hall–Kier alpha value is -2.92. The van der Waals surface area contributed by atoms with E-state index in [1.807, 2.05) is 36.6 Å². The maximum Gasteiger partial charge on any atom is 0.257 e. The van der Waals surface area contributed by atoms with Gasteiger partial charge in [-0.1, -0.05) is 30.4 Å². The number of benzene rings is 1. The van der Waals surface area contributed by atoms with Crippen LogP contribution in [0, 0.1) is 6.92 Å². The summed E-state index contributed by atoms with van der Waals surface area (Å²) in [6.45, 7) is 6.00. The topological polar surface area (TPSA) is 51.2 Å². The van der Waals surface area contributed by atoms with E-state index in [0.717, 1.165) is 41.0 Å². The first-order valence-corrected chi connectivity index (χ1v) is 9.31. The van der Waals surface area contributed by atoms with Gasteiger partial charge in [0.25, 0.3) is 5.91 Å². The van der Waals surface area contributed by atoms with Crippen LogP contribution in [0.4, 0.5) is 5.13 Å². The van der Waals surface area contributed by atoms with Gasteiger partial charge in [0.15, 0.2) is 5.13 Å². The quantitative estimate of drug-likeness (QED) is 0.813. The Kier molecular flexibility index (Phi) is 4.31. The minimum Gasteiger partial charge on any atom is -0.457 e. The van der Waals surface area contributed by atoms with Crippen molar-refractivity contribution >= 4 is 27.9 Å². The third kappa shape index (κ3) is 3.26. The molecule has 130 valence electrons. The van der Waals surface area contributed by atoms with Crippen LogP contribution in [-0.2, 0) is 4.74 Å². The van der Waals surface area contributed by atoms with E-state index >= 15 is 0 Å². The van der Waals surface area contributed by atoms with Crippen LogP contribution in [0.1, 0.15) is 34.5 Å². The lowest BCUT2D eigenvalue weighted by Gasteiger charge is -2.22. The zero-order chi connectivity index (χ0) is 18.1. The maximum absolute atomic E-state index is 12.3. The van der Waals surface area contributed by atoms with Crippen molar-refractivity contribution < 1.29 is 9.53 Å². The van der Waals surface area contributed by atoms with Crippen molar-refractivity contribution in [3.8, 4) is 0 Å². The summed E-state index contributed by atoms with van der Waals surface area (Å²) in [6, 6.07) is 7.45. The number of aryl methyl sites for hydroxylation is 1. The molecule has 0 bridgehead atoms. The maximum atomic E-state index is 12.3. The summed E-state index contributed by atoms with van der Waals surface area (Å²) in [5.74, 6) is 1.28. The molecule has 0 unspecified atom stereocenters. The molecule has 0 saturated carbocycles. The summed E-state index contributed by atoms with van der Waals surface area (Å²) in [5, 5.41) is 5.31. The molecule has 1 aliphatic heterocycles. The highest BCUT2D eigenvalue weighted by Crippen LogP contribution is 2.37. The van der Waals surface area contributed by atoms with Gasteiger partial charge in [-0.2, -0.15) is 0 Å². The van der Waals surface area contributed by atoms with Gasteiger partial charge in [-0.25, -0.2) is 4.98 Å². The number of carbonyl (C=O) groups excluding carboxylic acids is 1. The number of hydrogen-bond acceptors (Lipinski definition) is 4. The second kappa shape index (κ2) is 6.77. The zero-order valence-electron chi connectivity index (χ0n) is 14.4. The van der Waals surface area contributed by atoms with Gasteiger partial charge in [0, 0.05) is 22.1 Å². The smallest absolute Gasteiger partial charge is 0.257 e. The molecule has 0 saturated heterocycles. The molecule has 1 aromatic carbocycles. The second-order valence-corrected chi connectivity index (χ2v) is 7.10. The minimum atomic E-state index is -0.168. The van der Waals surface area contributed by atoms with Crippen LogP contribution in [0.15, 0.2) is 71.5 Å². The number of nitrogens with zero attached hydrogens (tertiary/aromatic N) is 1. The van der Waals surface area contributed by atoms with E-state index in [-0.39, 0.29) is 5.91 Å². The number of allylic oxidation sites excluding steroid dienone is 4. The van der Waals surface area contributed by atoms with E-state index in [1.54, 1.807) is 0 Å². The van der Waals surface area contributed by atoms with Gasteiger partial charge in [-0.3, -0.25) is 10.1 Å². The van der Waals surface area contributed by atoms with Crippen molar-refractivity contribution in [2.75, 3.05) is 5.32 Å². The van der Waals surface area contributed by atoms with E-state index < -0.39 is 0 Å². The minimum absolute atomic E-state index is 0.168. The molecule has 0 spiro atoms.